The fourth-order valence-electron chi connectivity index (χ4n) is 1.51. The zero-order chi connectivity index (χ0) is 11.7. The van der Waals surface area contributed by atoms with E-state index in [2.05, 4.69) is 10.2 Å². The van der Waals surface area contributed by atoms with E-state index in [0.29, 0.717) is 11.1 Å². The second-order valence-corrected chi connectivity index (χ2v) is 3.77. The standard InChI is InChI=1S/C12H12N2O2/c1-7-3-10(11(15)4-8(7)2)12(16)9-5-13-14-6-9/h3-6,15H,1-2H3,(H,13,14). The molecule has 0 spiro atoms. The molecule has 1 heterocycles. The lowest BCUT2D eigenvalue weighted by atomic mass is 10.00. The number of phenols is 1. The number of carbonyl (C=O) groups excluding carboxylic acids is 1. The zero-order valence-electron chi connectivity index (χ0n) is 9.11. The Morgan fingerprint density at radius 1 is 1.31 bits per heavy atom. The maximum atomic E-state index is 12.0. The number of nitrogens with one attached hydrogen (secondary N) is 1. The van der Waals surface area contributed by atoms with Crippen molar-refractivity contribution in [1.82, 2.24) is 10.2 Å². The van der Waals surface area contributed by atoms with Crippen molar-refractivity contribution in [2.24, 2.45) is 0 Å². The molecule has 0 bridgehead atoms. The molecule has 4 heteroatoms. The normalized spacial score (nSPS) is 10.4. The SMILES string of the molecule is Cc1cc(O)c(C(=O)c2cn[nH]c2)cc1C. The second kappa shape index (κ2) is 3.81. The summed E-state index contributed by atoms with van der Waals surface area (Å²) in [6, 6.07) is 3.29. The van der Waals surface area contributed by atoms with Gasteiger partial charge in [0.1, 0.15) is 5.75 Å². The Kier molecular flexibility index (Phi) is 2.48. The quantitative estimate of drug-likeness (QED) is 0.754. The van der Waals surface area contributed by atoms with Crippen LogP contribution in [0.15, 0.2) is 24.5 Å². The van der Waals surface area contributed by atoms with Crippen LogP contribution in [0.1, 0.15) is 27.0 Å². The van der Waals surface area contributed by atoms with Gasteiger partial charge in [-0.05, 0) is 37.1 Å². The molecule has 82 valence electrons. The largest absolute Gasteiger partial charge is 0.507 e. The van der Waals surface area contributed by atoms with Crippen molar-refractivity contribution in [1.29, 1.82) is 0 Å². The van der Waals surface area contributed by atoms with E-state index in [9.17, 15) is 9.90 Å². The molecule has 1 aromatic carbocycles. The minimum atomic E-state index is -0.227. The predicted octanol–water partition coefficient (Wildman–Crippen LogP) is 1.96. The summed E-state index contributed by atoms with van der Waals surface area (Å²) in [5.41, 5.74) is 2.69. The number of benzene rings is 1. The third-order valence-corrected chi connectivity index (χ3v) is 2.62. The summed E-state index contributed by atoms with van der Waals surface area (Å²) in [5, 5.41) is 16.0. The number of hydrogen-bond acceptors (Lipinski definition) is 3. The molecule has 2 N–H and O–H groups in total. The number of nitrogens with zero attached hydrogens (tertiary/aromatic N) is 1. The molecule has 0 unspecified atom stereocenters. The summed E-state index contributed by atoms with van der Waals surface area (Å²) in [4.78, 5) is 12.0. The van der Waals surface area contributed by atoms with Crippen molar-refractivity contribution in [2.45, 2.75) is 13.8 Å². The Morgan fingerprint density at radius 2 is 2.00 bits per heavy atom. The number of hydrogen-bond donors (Lipinski definition) is 2. The molecule has 4 nitrogen and oxygen atoms in total. The number of H-pyrrole nitrogens is 1. The number of aromatic amines is 1. The molecular weight excluding hydrogens is 204 g/mol. The molecule has 0 aliphatic rings. The van der Waals surface area contributed by atoms with Gasteiger partial charge in [0.25, 0.3) is 0 Å². The molecule has 0 fully saturated rings. The summed E-state index contributed by atoms with van der Waals surface area (Å²) in [5.74, 6) is -0.219. The molecule has 2 aromatic rings. The van der Waals surface area contributed by atoms with Crippen LogP contribution in [-0.2, 0) is 0 Å². The lowest BCUT2D eigenvalue weighted by molar-refractivity contribution is 0.103. The van der Waals surface area contributed by atoms with Crippen molar-refractivity contribution in [2.75, 3.05) is 0 Å². The molecule has 0 saturated heterocycles. The fourth-order valence-corrected chi connectivity index (χ4v) is 1.51. The molecule has 2 rings (SSSR count). The maximum Gasteiger partial charge on any atom is 0.199 e. The van der Waals surface area contributed by atoms with Gasteiger partial charge in [-0.2, -0.15) is 5.10 Å². The van der Waals surface area contributed by atoms with Gasteiger partial charge < -0.3 is 5.11 Å². The van der Waals surface area contributed by atoms with Crippen LogP contribution in [0.2, 0.25) is 0 Å². The van der Waals surface area contributed by atoms with Crippen LogP contribution in [0.4, 0.5) is 0 Å². The van der Waals surface area contributed by atoms with Gasteiger partial charge in [0.2, 0.25) is 0 Å². The highest BCUT2D eigenvalue weighted by atomic mass is 16.3. The minimum Gasteiger partial charge on any atom is -0.507 e. The molecular formula is C12H12N2O2. The average molecular weight is 216 g/mol. The molecule has 0 aliphatic carbocycles. The van der Waals surface area contributed by atoms with E-state index >= 15 is 0 Å². The number of aromatic nitrogens is 2. The fraction of sp³-hybridized carbons (Fsp3) is 0.167. The van der Waals surface area contributed by atoms with Gasteiger partial charge >= 0.3 is 0 Å². The van der Waals surface area contributed by atoms with E-state index in [-0.39, 0.29) is 11.5 Å². The highest BCUT2D eigenvalue weighted by Crippen LogP contribution is 2.24. The highest BCUT2D eigenvalue weighted by molar-refractivity contribution is 6.10. The molecule has 0 amide bonds. The summed E-state index contributed by atoms with van der Waals surface area (Å²) in [6.45, 7) is 3.79. The van der Waals surface area contributed by atoms with Gasteiger partial charge in [0.05, 0.1) is 17.3 Å². The van der Waals surface area contributed by atoms with Gasteiger partial charge in [-0.15, -0.1) is 0 Å². The summed E-state index contributed by atoms with van der Waals surface area (Å²) in [6.07, 6.45) is 2.95. The van der Waals surface area contributed by atoms with Crippen molar-refractivity contribution >= 4 is 5.78 Å². The molecule has 0 aliphatic heterocycles. The Morgan fingerprint density at radius 3 is 2.62 bits per heavy atom. The lowest BCUT2D eigenvalue weighted by Gasteiger charge is -2.06. The Hall–Kier alpha value is -2.10. The van der Waals surface area contributed by atoms with E-state index in [1.165, 1.54) is 12.4 Å². The van der Waals surface area contributed by atoms with Crippen LogP contribution in [0.5, 0.6) is 5.75 Å². The van der Waals surface area contributed by atoms with Crippen molar-refractivity contribution in [3.63, 3.8) is 0 Å². The highest BCUT2D eigenvalue weighted by Gasteiger charge is 2.15. The Balaban J connectivity index is 2.49. The maximum absolute atomic E-state index is 12.0. The van der Waals surface area contributed by atoms with Gasteiger partial charge in [-0.25, -0.2) is 0 Å². The number of aryl methyl sites for hydroxylation is 2. The van der Waals surface area contributed by atoms with E-state index < -0.39 is 0 Å². The van der Waals surface area contributed by atoms with Crippen LogP contribution in [0.3, 0.4) is 0 Å². The van der Waals surface area contributed by atoms with Gasteiger partial charge in [-0.3, -0.25) is 9.89 Å². The van der Waals surface area contributed by atoms with Gasteiger partial charge in [0.15, 0.2) is 5.78 Å². The summed E-state index contributed by atoms with van der Waals surface area (Å²) < 4.78 is 0. The summed E-state index contributed by atoms with van der Waals surface area (Å²) >= 11 is 0. The van der Waals surface area contributed by atoms with Crippen molar-refractivity contribution in [3.8, 4) is 5.75 Å². The van der Waals surface area contributed by atoms with Crippen LogP contribution < -0.4 is 0 Å². The number of ketones is 1. The van der Waals surface area contributed by atoms with Gasteiger partial charge in [0, 0.05) is 6.20 Å². The third kappa shape index (κ3) is 1.69. The second-order valence-electron chi connectivity index (χ2n) is 3.77. The number of aromatic hydroxyl groups is 1. The number of rotatable bonds is 2. The zero-order valence-corrected chi connectivity index (χ0v) is 9.11. The molecule has 1 aromatic heterocycles. The predicted molar refractivity (Wildman–Crippen MR) is 59.6 cm³/mol. The Bertz CT molecular complexity index is 530. The van der Waals surface area contributed by atoms with Crippen LogP contribution in [0, 0.1) is 13.8 Å². The topological polar surface area (TPSA) is 66.0 Å². The first kappa shape index (κ1) is 10.4. The van der Waals surface area contributed by atoms with Crippen molar-refractivity contribution < 1.29 is 9.90 Å². The van der Waals surface area contributed by atoms with E-state index in [1.54, 1.807) is 12.1 Å². The molecule has 0 atom stereocenters. The van der Waals surface area contributed by atoms with Gasteiger partial charge in [-0.1, -0.05) is 0 Å². The first-order chi connectivity index (χ1) is 7.59. The van der Waals surface area contributed by atoms with E-state index in [1.807, 2.05) is 13.8 Å². The van der Waals surface area contributed by atoms with Crippen LogP contribution >= 0.6 is 0 Å². The smallest absolute Gasteiger partial charge is 0.199 e. The van der Waals surface area contributed by atoms with Crippen LogP contribution in [0.25, 0.3) is 0 Å². The average Bonchev–Trinajstić information content (AvgIpc) is 2.75. The minimum absolute atomic E-state index is 0.00861. The number of phenolic OH excluding ortho intramolecular Hbond substituents is 1. The van der Waals surface area contributed by atoms with E-state index in [0.717, 1.165) is 11.1 Å². The Labute approximate surface area is 92.9 Å². The molecule has 0 radical (unpaired) electrons. The van der Waals surface area contributed by atoms with E-state index in [4.69, 9.17) is 0 Å². The third-order valence-electron chi connectivity index (χ3n) is 2.62. The lowest BCUT2D eigenvalue weighted by Crippen LogP contribution is -2.01. The first-order valence-electron chi connectivity index (χ1n) is 4.93. The van der Waals surface area contributed by atoms with Crippen molar-refractivity contribution in [3.05, 3.63) is 46.8 Å². The number of carbonyl (C=O) groups is 1. The van der Waals surface area contributed by atoms with Crippen LogP contribution in [-0.4, -0.2) is 21.1 Å². The molecule has 0 saturated carbocycles. The first-order valence-corrected chi connectivity index (χ1v) is 4.93. The monoisotopic (exact) mass is 216 g/mol. The summed E-state index contributed by atoms with van der Waals surface area (Å²) in [7, 11) is 0. The molecule has 16 heavy (non-hydrogen) atoms.